The second kappa shape index (κ2) is 18.0. The number of hydrogen-bond acceptors (Lipinski definition) is 6. The molecule has 0 aliphatic carbocycles. The van der Waals surface area contributed by atoms with E-state index in [1.54, 1.807) is 29.2 Å². The number of benzene rings is 3. The van der Waals surface area contributed by atoms with Crippen LogP contribution in [0.2, 0.25) is 0 Å². The molecule has 3 aromatic rings. The lowest BCUT2D eigenvalue weighted by Crippen LogP contribution is -2.61. The van der Waals surface area contributed by atoms with Crippen LogP contribution in [0.1, 0.15) is 48.8 Å². The van der Waals surface area contributed by atoms with Crippen LogP contribution in [0.4, 0.5) is 0 Å². The van der Waals surface area contributed by atoms with E-state index >= 15 is 0 Å². The number of carbonyl (C=O) groups is 5. The van der Waals surface area contributed by atoms with Crippen molar-refractivity contribution in [2.45, 2.75) is 81.6 Å². The molecule has 2 heterocycles. The molecule has 0 aromatic heterocycles. The summed E-state index contributed by atoms with van der Waals surface area (Å²) < 4.78 is 0. The number of hydrogen-bond donors (Lipinski definition) is 6. The molecule has 4 amide bonds. The van der Waals surface area contributed by atoms with E-state index in [-0.39, 0.29) is 55.5 Å². The first-order valence-electron chi connectivity index (χ1n) is 17.7. The van der Waals surface area contributed by atoms with Gasteiger partial charge in [0.25, 0.3) is 0 Å². The van der Waals surface area contributed by atoms with E-state index in [4.69, 9.17) is 11.5 Å². The number of rotatable bonds is 16. The summed E-state index contributed by atoms with van der Waals surface area (Å²) in [4.78, 5) is 72.8. The Kier molecular flexibility index (Phi) is 13.0. The van der Waals surface area contributed by atoms with E-state index in [0.29, 0.717) is 32.1 Å². The zero-order valence-corrected chi connectivity index (χ0v) is 29.0. The first-order valence-corrected chi connectivity index (χ1v) is 17.7. The molecule has 2 fully saturated rings. The van der Waals surface area contributed by atoms with Gasteiger partial charge >= 0.3 is 5.97 Å². The number of carbonyl (C=O) groups excluding carboxylic acids is 4. The van der Waals surface area contributed by atoms with Gasteiger partial charge in [-0.1, -0.05) is 91.0 Å². The second-order valence-corrected chi connectivity index (χ2v) is 13.5. The van der Waals surface area contributed by atoms with Crippen LogP contribution in [0.25, 0.3) is 0 Å². The van der Waals surface area contributed by atoms with Gasteiger partial charge in [0.15, 0.2) is 5.96 Å². The number of fused-ring (bicyclic) bond motifs is 1. The van der Waals surface area contributed by atoms with E-state index in [0.717, 1.165) is 16.7 Å². The van der Waals surface area contributed by atoms with Crippen LogP contribution < -0.4 is 27.4 Å². The largest absolute Gasteiger partial charge is 0.480 e. The molecule has 274 valence electrons. The van der Waals surface area contributed by atoms with Crippen molar-refractivity contribution in [3.63, 3.8) is 0 Å². The Morgan fingerprint density at radius 1 is 0.827 bits per heavy atom. The molecule has 13 heteroatoms. The third-order valence-corrected chi connectivity index (χ3v) is 9.73. The molecule has 0 radical (unpaired) electrons. The fourth-order valence-electron chi connectivity index (χ4n) is 7.24. The van der Waals surface area contributed by atoms with Crippen molar-refractivity contribution in [2.24, 2.45) is 22.4 Å². The number of carboxylic acids is 1. The Labute approximate surface area is 303 Å². The highest BCUT2D eigenvalue weighted by Gasteiger charge is 2.51. The average Bonchev–Trinajstić information content (AvgIpc) is 3.50. The molecule has 0 unspecified atom stereocenters. The van der Waals surface area contributed by atoms with E-state index in [2.05, 4.69) is 20.9 Å². The maximum Gasteiger partial charge on any atom is 0.326 e. The summed E-state index contributed by atoms with van der Waals surface area (Å²) in [5, 5.41) is 18.3. The van der Waals surface area contributed by atoms with Crippen molar-refractivity contribution in [2.75, 3.05) is 6.54 Å². The van der Waals surface area contributed by atoms with Crippen molar-refractivity contribution < 1.29 is 29.1 Å². The lowest BCUT2D eigenvalue weighted by molar-refractivity contribution is -0.147. The normalized spacial score (nSPS) is 20.5. The topological polar surface area (TPSA) is 209 Å². The smallest absolute Gasteiger partial charge is 0.326 e. The number of guanidine groups is 1. The molecule has 13 nitrogen and oxygen atoms in total. The molecule has 5 rings (SSSR count). The van der Waals surface area contributed by atoms with Crippen LogP contribution >= 0.6 is 0 Å². The van der Waals surface area contributed by atoms with Gasteiger partial charge in [-0.05, 0) is 61.1 Å². The molecule has 2 aliphatic heterocycles. The SMILES string of the molecule is NC(N)=NCCC[C@@H](NC(=O)[C@@H]1C[C@@H](Cc2ccccc2)[C@H]2CC[C@H](NC(=O)Cc3ccccc3)C(=O)N21)C(=O)N[C@@H](Cc1ccccc1)C(=O)O. The molecular formula is C39H47N7O6. The molecule has 3 aromatic carbocycles. The fourth-order valence-corrected chi connectivity index (χ4v) is 7.24. The summed E-state index contributed by atoms with van der Waals surface area (Å²) in [7, 11) is 0. The molecule has 0 saturated carbocycles. The van der Waals surface area contributed by atoms with Crippen molar-refractivity contribution in [3.8, 4) is 0 Å². The summed E-state index contributed by atoms with van der Waals surface area (Å²) in [6.07, 6.45) is 2.62. The summed E-state index contributed by atoms with van der Waals surface area (Å²) in [5.74, 6) is -3.20. The number of nitrogens with two attached hydrogens (primary N) is 2. The lowest BCUT2D eigenvalue weighted by Gasteiger charge is -2.39. The van der Waals surface area contributed by atoms with E-state index < -0.39 is 42.0 Å². The predicted octanol–water partition coefficient (Wildman–Crippen LogP) is 1.69. The fraction of sp³-hybridized carbons (Fsp3) is 0.385. The highest BCUT2D eigenvalue weighted by Crippen LogP contribution is 2.39. The van der Waals surface area contributed by atoms with Gasteiger partial charge in [0.05, 0.1) is 6.42 Å². The molecule has 2 aliphatic rings. The first kappa shape index (κ1) is 37.5. The summed E-state index contributed by atoms with van der Waals surface area (Å²) in [5.41, 5.74) is 13.6. The maximum atomic E-state index is 14.2. The number of carboxylic acid groups (broad SMARTS) is 1. The summed E-state index contributed by atoms with van der Waals surface area (Å²) in [6.45, 7) is 0.188. The Morgan fingerprint density at radius 2 is 1.44 bits per heavy atom. The number of nitrogens with one attached hydrogen (secondary N) is 3. The minimum Gasteiger partial charge on any atom is -0.480 e. The van der Waals surface area contributed by atoms with Gasteiger partial charge in [-0.3, -0.25) is 24.2 Å². The van der Waals surface area contributed by atoms with Crippen LogP contribution in [0.15, 0.2) is 96.0 Å². The predicted molar refractivity (Wildman–Crippen MR) is 196 cm³/mol. The quantitative estimate of drug-likeness (QED) is 0.0731. The van der Waals surface area contributed by atoms with Gasteiger partial charge in [-0.25, -0.2) is 4.79 Å². The van der Waals surface area contributed by atoms with Gasteiger partial charge in [-0.2, -0.15) is 0 Å². The lowest BCUT2D eigenvalue weighted by atomic mass is 9.86. The zero-order valence-electron chi connectivity index (χ0n) is 29.0. The van der Waals surface area contributed by atoms with Crippen LogP contribution in [0, 0.1) is 5.92 Å². The maximum absolute atomic E-state index is 14.2. The zero-order chi connectivity index (χ0) is 37.0. The van der Waals surface area contributed by atoms with Crippen LogP contribution in [0.3, 0.4) is 0 Å². The van der Waals surface area contributed by atoms with Crippen LogP contribution in [-0.4, -0.2) is 82.3 Å². The molecular weight excluding hydrogens is 662 g/mol. The summed E-state index contributed by atoms with van der Waals surface area (Å²) in [6, 6.07) is 23.7. The molecule has 0 spiro atoms. The monoisotopic (exact) mass is 709 g/mol. The molecule has 8 N–H and O–H groups in total. The van der Waals surface area contributed by atoms with Crippen LogP contribution in [-0.2, 0) is 43.2 Å². The van der Waals surface area contributed by atoms with Crippen molar-refractivity contribution in [3.05, 3.63) is 108 Å². The number of piperidine rings is 1. The standard InChI is InChI=1S/C39H47N7O6/c40-39(41)42-20-10-17-29(35(48)45-31(38(51)52)22-26-13-6-2-7-14-26)44-36(49)33-24-28(21-25-11-4-1-5-12-25)32-19-18-30(37(50)46(32)33)43-34(47)23-27-15-8-3-9-16-27/h1-9,11-16,28-33H,10,17-24H2,(H,43,47)(H,44,49)(H,45,48)(H,51,52)(H4,40,41,42)/t28-,29-,30+,31+,32-,33+/m1/s1. The highest BCUT2D eigenvalue weighted by molar-refractivity contribution is 5.96. The second-order valence-electron chi connectivity index (χ2n) is 13.5. The molecule has 6 atom stereocenters. The minimum atomic E-state index is -1.25. The van der Waals surface area contributed by atoms with E-state index in [1.165, 1.54) is 0 Å². The Balaban J connectivity index is 1.34. The average molecular weight is 710 g/mol. The molecule has 2 saturated heterocycles. The van der Waals surface area contributed by atoms with Gasteiger partial charge < -0.3 is 37.4 Å². The number of aliphatic imine (C=N–C) groups is 1. The molecule has 0 bridgehead atoms. The highest BCUT2D eigenvalue weighted by atomic mass is 16.4. The first-order chi connectivity index (χ1) is 25.1. The summed E-state index contributed by atoms with van der Waals surface area (Å²) >= 11 is 0. The number of nitrogens with zero attached hydrogens (tertiary/aromatic N) is 2. The molecule has 52 heavy (non-hydrogen) atoms. The third kappa shape index (κ3) is 10.2. The minimum absolute atomic E-state index is 0.0422. The Morgan fingerprint density at radius 3 is 2.06 bits per heavy atom. The Hall–Kier alpha value is -5.72. The Bertz CT molecular complexity index is 1720. The van der Waals surface area contributed by atoms with E-state index in [9.17, 15) is 29.1 Å². The van der Waals surface area contributed by atoms with Crippen molar-refractivity contribution in [1.82, 2.24) is 20.9 Å². The number of amides is 4. The van der Waals surface area contributed by atoms with Crippen molar-refractivity contribution >= 4 is 35.6 Å². The van der Waals surface area contributed by atoms with Crippen LogP contribution in [0.5, 0.6) is 0 Å². The van der Waals surface area contributed by atoms with E-state index in [1.807, 2.05) is 66.7 Å². The number of aliphatic carboxylic acids is 1. The van der Waals surface area contributed by atoms with Gasteiger partial charge in [0.1, 0.15) is 24.2 Å². The van der Waals surface area contributed by atoms with Crippen molar-refractivity contribution in [1.29, 1.82) is 0 Å². The van der Waals surface area contributed by atoms with Gasteiger partial charge in [0.2, 0.25) is 23.6 Å². The van der Waals surface area contributed by atoms with Gasteiger partial charge in [-0.15, -0.1) is 0 Å². The van der Waals surface area contributed by atoms with Gasteiger partial charge in [0, 0.05) is 19.0 Å². The third-order valence-electron chi connectivity index (χ3n) is 9.73.